The van der Waals surface area contributed by atoms with Crippen LogP contribution in [0.4, 0.5) is 0 Å². The monoisotopic (exact) mass is 255 g/mol. The molecule has 94 valence electrons. The van der Waals surface area contributed by atoms with E-state index in [4.69, 9.17) is 10.5 Å². The zero-order valence-corrected chi connectivity index (χ0v) is 10.6. The highest BCUT2D eigenvalue weighted by molar-refractivity contribution is 7.90. The zero-order chi connectivity index (χ0) is 12.5. The summed E-state index contributed by atoms with van der Waals surface area (Å²) in [6.45, 7) is 1.45. The molecule has 1 aromatic rings. The first kappa shape index (κ1) is 12.5. The van der Waals surface area contributed by atoms with Crippen LogP contribution in [0.3, 0.4) is 0 Å². The molecule has 0 spiro atoms. The Labute approximate surface area is 102 Å². The van der Waals surface area contributed by atoms with Gasteiger partial charge in [-0.1, -0.05) is 12.1 Å². The molecule has 0 amide bonds. The van der Waals surface area contributed by atoms with Gasteiger partial charge in [0.05, 0.1) is 11.5 Å². The Balaban J connectivity index is 2.17. The van der Waals surface area contributed by atoms with Crippen molar-refractivity contribution in [1.29, 1.82) is 0 Å². The Morgan fingerprint density at radius 3 is 2.47 bits per heavy atom. The van der Waals surface area contributed by atoms with Crippen LogP contribution in [0, 0.1) is 5.92 Å². The van der Waals surface area contributed by atoms with E-state index in [1.54, 1.807) is 24.3 Å². The largest absolute Gasteiger partial charge is 0.381 e. The van der Waals surface area contributed by atoms with Crippen molar-refractivity contribution in [3.05, 3.63) is 29.8 Å². The van der Waals surface area contributed by atoms with Crippen LogP contribution in [0.5, 0.6) is 0 Å². The summed E-state index contributed by atoms with van der Waals surface area (Å²) in [7, 11) is -3.13. The molecular weight excluding hydrogens is 238 g/mol. The molecule has 1 aliphatic rings. The number of hydrogen-bond acceptors (Lipinski definition) is 4. The fourth-order valence-electron chi connectivity index (χ4n) is 2.05. The van der Waals surface area contributed by atoms with Crippen LogP contribution in [0.15, 0.2) is 29.2 Å². The highest BCUT2D eigenvalue weighted by Gasteiger charge is 2.24. The van der Waals surface area contributed by atoms with Gasteiger partial charge in [0.25, 0.3) is 0 Å². The van der Waals surface area contributed by atoms with Crippen LogP contribution in [0.2, 0.25) is 0 Å². The quantitative estimate of drug-likeness (QED) is 0.879. The van der Waals surface area contributed by atoms with Crippen LogP contribution in [0.1, 0.15) is 18.0 Å². The summed E-state index contributed by atoms with van der Waals surface area (Å²) in [4.78, 5) is 0.330. The molecule has 4 nitrogen and oxygen atoms in total. The predicted octanol–water partition coefficient (Wildman–Crippen LogP) is 1.13. The standard InChI is InChI=1S/C12H17NO3S/c1-17(14,15)11-4-2-9(3-5-11)12(13)10-6-7-16-8-10/h2-5,10,12H,6-8,13H2,1H3. The van der Waals surface area contributed by atoms with Gasteiger partial charge in [-0.15, -0.1) is 0 Å². The van der Waals surface area contributed by atoms with Crippen molar-refractivity contribution in [2.24, 2.45) is 11.7 Å². The van der Waals surface area contributed by atoms with E-state index in [2.05, 4.69) is 0 Å². The van der Waals surface area contributed by atoms with Gasteiger partial charge in [0.1, 0.15) is 0 Å². The number of nitrogens with two attached hydrogens (primary N) is 1. The van der Waals surface area contributed by atoms with E-state index >= 15 is 0 Å². The van der Waals surface area contributed by atoms with Crippen molar-refractivity contribution in [3.63, 3.8) is 0 Å². The summed E-state index contributed by atoms with van der Waals surface area (Å²) in [5.74, 6) is 0.332. The number of sulfone groups is 1. The minimum atomic E-state index is -3.13. The highest BCUT2D eigenvalue weighted by Crippen LogP contribution is 2.27. The molecule has 2 N–H and O–H groups in total. The minimum Gasteiger partial charge on any atom is -0.381 e. The smallest absolute Gasteiger partial charge is 0.175 e. The van der Waals surface area contributed by atoms with Gasteiger partial charge in [-0.3, -0.25) is 0 Å². The molecule has 1 aromatic carbocycles. The van der Waals surface area contributed by atoms with Gasteiger partial charge in [0.15, 0.2) is 9.84 Å². The summed E-state index contributed by atoms with van der Waals surface area (Å²) >= 11 is 0. The van der Waals surface area contributed by atoms with Gasteiger partial charge >= 0.3 is 0 Å². The van der Waals surface area contributed by atoms with Gasteiger partial charge in [-0.05, 0) is 24.1 Å². The Bertz CT molecular complexity index is 475. The second-order valence-corrected chi connectivity index (χ2v) is 6.51. The highest BCUT2D eigenvalue weighted by atomic mass is 32.2. The van der Waals surface area contributed by atoms with Crippen LogP contribution >= 0.6 is 0 Å². The molecule has 0 radical (unpaired) electrons. The summed E-state index contributed by atoms with van der Waals surface area (Å²) in [6, 6.07) is 6.73. The van der Waals surface area contributed by atoms with Gasteiger partial charge in [-0.2, -0.15) is 0 Å². The molecule has 0 aliphatic carbocycles. The zero-order valence-electron chi connectivity index (χ0n) is 9.80. The Morgan fingerprint density at radius 1 is 1.35 bits per heavy atom. The second-order valence-electron chi connectivity index (χ2n) is 4.49. The average Bonchev–Trinajstić information content (AvgIpc) is 2.80. The molecule has 2 atom stereocenters. The second kappa shape index (κ2) is 4.76. The summed E-state index contributed by atoms with van der Waals surface area (Å²) < 4.78 is 27.9. The fraction of sp³-hybridized carbons (Fsp3) is 0.500. The van der Waals surface area contributed by atoms with Gasteiger partial charge in [0.2, 0.25) is 0 Å². The topological polar surface area (TPSA) is 69.4 Å². The summed E-state index contributed by atoms with van der Waals surface area (Å²) in [5, 5.41) is 0. The van der Waals surface area contributed by atoms with Crippen molar-refractivity contribution in [3.8, 4) is 0 Å². The molecule has 0 saturated carbocycles. The van der Waals surface area contributed by atoms with Gasteiger partial charge < -0.3 is 10.5 Å². The predicted molar refractivity (Wildman–Crippen MR) is 65.4 cm³/mol. The number of benzene rings is 1. The van der Waals surface area contributed by atoms with Crippen molar-refractivity contribution in [1.82, 2.24) is 0 Å². The molecule has 1 aliphatic heterocycles. The first-order valence-corrected chi connectivity index (χ1v) is 7.51. The number of hydrogen-bond donors (Lipinski definition) is 1. The molecule has 1 saturated heterocycles. The Hall–Kier alpha value is -0.910. The lowest BCUT2D eigenvalue weighted by Gasteiger charge is -2.18. The van der Waals surface area contributed by atoms with Crippen LogP contribution in [-0.4, -0.2) is 27.9 Å². The molecule has 0 bridgehead atoms. The molecule has 17 heavy (non-hydrogen) atoms. The summed E-state index contributed by atoms with van der Waals surface area (Å²) in [6.07, 6.45) is 2.17. The van der Waals surface area contributed by atoms with Crippen LogP contribution < -0.4 is 5.73 Å². The third-order valence-electron chi connectivity index (χ3n) is 3.17. The SMILES string of the molecule is CS(=O)(=O)c1ccc(C(N)C2CCOC2)cc1. The van der Waals surface area contributed by atoms with E-state index in [-0.39, 0.29) is 6.04 Å². The summed E-state index contributed by atoms with van der Waals surface area (Å²) in [5.41, 5.74) is 7.10. The van der Waals surface area contributed by atoms with E-state index in [0.717, 1.165) is 18.6 Å². The Morgan fingerprint density at radius 2 is 2.00 bits per heavy atom. The van der Waals surface area contributed by atoms with E-state index in [0.29, 0.717) is 17.4 Å². The third-order valence-corrected chi connectivity index (χ3v) is 4.29. The average molecular weight is 255 g/mol. The fourth-order valence-corrected chi connectivity index (χ4v) is 2.68. The number of ether oxygens (including phenoxy) is 1. The lowest BCUT2D eigenvalue weighted by Crippen LogP contribution is -2.21. The lowest BCUT2D eigenvalue weighted by atomic mass is 9.93. The van der Waals surface area contributed by atoms with E-state index in [1.165, 1.54) is 6.26 Å². The first-order chi connectivity index (χ1) is 7.98. The maximum Gasteiger partial charge on any atom is 0.175 e. The van der Waals surface area contributed by atoms with Gasteiger partial charge in [-0.25, -0.2) is 8.42 Å². The van der Waals surface area contributed by atoms with Crippen LogP contribution in [-0.2, 0) is 14.6 Å². The van der Waals surface area contributed by atoms with E-state index in [1.807, 2.05) is 0 Å². The molecule has 0 aromatic heterocycles. The third kappa shape index (κ3) is 2.86. The molecular formula is C12H17NO3S. The molecule has 2 unspecified atom stereocenters. The number of rotatable bonds is 3. The van der Waals surface area contributed by atoms with Gasteiger partial charge in [0, 0.05) is 24.8 Å². The van der Waals surface area contributed by atoms with E-state index < -0.39 is 9.84 Å². The maximum absolute atomic E-state index is 11.3. The molecule has 2 rings (SSSR count). The normalized spacial score (nSPS) is 22.6. The molecule has 5 heteroatoms. The molecule has 1 heterocycles. The first-order valence-electron chi connectivity index (χ1n) is 5.62. The Kier molecular flexibility index (Phi) is 3.51. The van der Waals surface area contributed by atoms with Crippen molar-refractivity contribution >= 4 is 9.84 Å². The maximum atomic E-state index is 11.3. The van der Waals surface area contributed by atoms with Crippen molar-refractivity contribution in [2.75, 3.05) is 19.5 Å². The molecule has 1 fully saturated rings. The van der Waals surface area contributed by atoms with E-state index in [9.17, 15) is 8.42 Å². The lowest BCUT2D eigenvalue weighted by molar-refractivity contribution is 0.181. The van der Waals surface area contributed by atoms with Crippen molar-refractivity contribution in [2.45, 2.75) is 17.4 Å². The van der Waals surface area contributed by atoms with Crippen LogP contribution in [0.25, 0.3) is 0 Å². The minimum absolute atomic E-state index is 0.0777. The van der Waals surface area contributed by atoms with Crippen molar-refractivity contribution < 1.29 is 13.2 Å².